The normalized spacial score (nSPS) is 20.3. The Morgan fingerprint density at radius 1 is 1.03 bits per heavy atom. The Hall–Kier alpha value is -2.46. The molecule has 0 bridgehead atoms. The van der Waals surface area contributed by atoms with Gasteiger partial charge in [0.05, 0.1) is 11.7 Å². The van der Waals surface area contributed by atoms with E-state index in [-0.39, 0.29) is 29.4 Å². The van der Waals surface area contributed by atoms with Gasteiger partial charge in [0.2, 0.25) is 0 Å². The van der Waals surface area contributed by atoms with E-state index in [0.717, 1.165) is 53.5 Å². The van der Waals surface area contributed by atoms with Crippen molar-refractivity contribution in [1.82, 2.24) is 0 Å². The molecule has 1 fully saturated rings. The zero-order valence-corrected chi connectivity index (χ0v) is 17.6. The molecule has 0 saturated heterocycles. The number of hydrogen-bond acceptors (Lipinski definition) is 3. The van der Waals surface area contributed by atoms with Crippen LogP contribution in [0.15, 0.2) is 42.2 Å². The van der Waals surface area contributed by atoms with E-state index in [2.05, 4.69) is 0 Å². The first-order valence-electron chi connectivity index (χ1n) is 10.2. The van der Waals surface area contributed by atoms with Gasteiger partial charge in [-0.2, -0.15) is 0 Å². The molecular formula is C25H29FO3. The molecule has 2 aromatic rings. The molecule has 3 rings (SSSR count). The standard InChI is InChI=1S/C25H29FO3/c1-15-5-14-22(18-6-10-20(26)11-7-18)16(2)23(15)24(17(3)27)25(28)19-8-12-21(29-4)13-9-19/h5-7,10-11,14,19,21,28H,8-9,12-13H2,1-4H3/b25-24-. The summed E-state index contributed by atoms with van der Waals surface area (Å²) in [6.45, 7) is 5.42. The molecule has 0 aliphatic heterocycles. The highest BCUT2D eigenvalue weighted by Crippen LogP contribution is 2.38. The van der Waals surface area contributed by atoms with Gasteiger partial charge in [0.25, 0.3) is 0 Å². The first-order chi connectivity index (χ1) is 13.8. The molecule has 0 amide bonds. The lowest BCUT2D eigenvalue weighted by atomic mass is 9.81. The Morgan fingerprint density at radius 3 is 2.21 bits per heavy atom. The zero-order valence-electron chi connectivity index (χ0n) is 17.6. The van der Waals surface area contributed by atoms with E-state index in [0.29, 0.717) is 5.57 Å². The number of hydrogen-bond donors (Lipinski definition) is 1. The molecule has 154 valence electrons. The molecule has 3 nitrogen and oxygen atoms in total. The molecule has 0 radical (unpaired) electrons. The number of rotatable bonds is 5. The van der Waals surface area contributed by atoms with Crippen LogP contribution >= 0.6 is 0 Å². The van der Waals surface area contributed by atoms with Crippen molar-refractivity contribution < 1.29 is 19.0 Å². The summed E-state index contributed by atoms with van der Waals surface area (Å²) >= 11 is 0. The molecule has 2 aromatic carbocycles. The summed E-state index contributed by atoms with van der Waals surface area (Å²) in [5, 5.41) is 11.1. The zero-order chi connectivity index (χ0) is 21.1. The maximum Gasteiger partial charge on any atom is 0.163 e. The predicted molar refractivity (Wildman–Crippen MR) is 114 cm³/mol. The van der Waals surface area contributed by atoms with Gasteiger partial charge in [-0.05, 0) is 86.4 Å². The van der Waals surface area contributed by atoms with E-state index < -0.39 is 0 Å². The van der Waals surface area contributed by atoms with Gasteiger partial charge >= 0.3 is 0 Å². The maximum atomic E-state index is 13.4. The lowest BCUT2D eigenvalue weighted by molar-refractivity contribution is -0.112. The van der Waals surface area contributed by atoms with Crippen molar-refractivity contribution in [1.29, 1.82) is 0 Å². The Kier molecular flexibility index (Phi) is 6.53. The summed E-state index contributed by atoms with van der Waals surface area (Å²) in [5.74, 6) is -0.269. The molecule has 0 aromatic heterocycles. The van der Waals surface area contributed by atoms with Crippen LogP contribution in [0.4, 0.5) is 4.39 Å². The molecule has 29 heavy (non-hydrogen) atoms. The summed E-state index contributed by atoms with van der Waals surface area (Å²) in [6.07, 6.45) is 3.59. The number of carbonyl (C=O) groups is 1. The van der Waals surface area contributed by atoms with Crippen LogP contribution in [0.5, 0.6) is 0 Å². The number of Topliss-reactive ketones (excluding diaryl/α,β-unsaturated/α-hetero) is 1. The van der Waals surface area contributed by atoms with Crippen LogP contribution in [0.2, 0.25) is 0 Å². The summed E-state index contributed by atoms with van der Waals surface area (Å²) < 4.78 is 18.8. The van der Waals surface area contributed by atoms with Crippen molar-refractivity contribution >= 4 is 11.4 Å². The number of carbonyl (C=O) groups excluding carboxylic acids is 1. The van der Waals surface area contributed by atoms with Crippen LogP contribution in [0, 0.1) is 25.6 Å². The van der Waals surface area contributed by atoms with Crippen molar-refractivity contribution in [2.75, 3.05) is 7.11 Å². The first-order valence-corrected chi connectivity index (χ1v) is 10.2. The number of aliphatic hydroxyl groups excluding tert-OH is 1. The maximum absolute atomic E-state index is 13.4. The van der Waals surface area contributed by atoms with Crippen LogP contribution in [0.25, 0.3) is 16.7 Å². The van der Waals surface area contributed by atoms with E-state index in [4.69, 9.17) is 4.74 Å². The smallest absolute Gasteiger partial charge is 0.163 e. The molecule has 1 saturated carbocycles. The predicted octanol–water partition coefficient (Wildman–Crippen LogP) is 6.17. The highest BCUT2D eigenvalue weighted by atomic mass is 19.1. The van der Waals surface area contributed by atoms with E-state index in [1.807, 2.05) is 26.0 Å². The van der Waals surface area contributed by atoms with E-state index >= 15 is 0 Å². The van der Waals surface area contributed by atoms with Crippen LogP contribution in [-0.4, -0.2) is 24.1 Å². The highest BCUT2D eigenvalue weighted by molar-refractivity contribution is 6.21. The first kappa shape index (κ1) is 21.3. The molecule has 0 heterocycles. The van der Waals surface area contributed by atoms with E-state index in [1.165, 1.54) is 19.1 Å². The van der Waals surface area contributed by atoms with Crippen molar-refractivity contribution in [2.45, 2.75) is 52.6 Å². The molecule has 0 unspecified atom stereocenters. The summed E-state index contributed by atoms with van der Waals surface area (Å²) in [6, 6.07) is 10.3. The number of benzene rings is 2. The average molecular weight is 397 g/mol. The number of ether oxygens (including phenoxy) is 1. The molecular weight excluding hydrogens is 367 g/mol. The number of methoxy groups -OCH3 is 1. The largest absolute Gasteiger partial charge is 0.511 e. The van der Waals surface area contributed by atoms with Crippen molar-refractivity contribution in [2.24, 2.45) is 5.92 Å². The van der Waals surface area contributed by atoms with E-state index in [1.54, 1.807) is 19.2 Å². The van der Waals surface area contributed by atoms with Gasteiger partial charge in [0, 0.05) is 13.0 Å². The van der Waals surface area contributed by atoms with Gasteiger partial charge in [-0.25, -0.2) is 4.39 Å². The minimum absolute atomic E-state index is 0.0337. The monoisotopic (exact) mass is 396 g/mol. The van der Waals surface area contributed by atoms with Gasteiger partial charge in [-0.15, -0.1) is 0 Å². The minimum Gasteiger partial charge on any atom is -0.511 e. The lowest BCUT2D eigenvalue weighted by Crippen LogP contribution is -2.22. The Labute approximate surface area is 172 Å². The van der Waals surface area contributed by atoms with Gasteiger partial charge in [-0.1, -0.05) is 24.3 Å². The Balaban J connectivity index is 2.09. The third-order valence-electron chi connectivity index (χ3n) is 6.08. The van der Waals surface area contributed by atoms with Crippen LogP contribution in [0.3, 0.4) is 0 Å². The molecule has 0 atom stereocenters. The minimum atomic E-state index is -0.285. The molecule has 0 spiro atoms. The van der Waals surface area contributed by atoms with Gasteiger partial charge in [0.1, 0.15) is 11.6 Å². The Morgan fingerprint density at radius 2 is 1.66 bits per heavy atom. The highest BCUT2D eigenvalue weighted by Gasteiger charge is 2.28. The third kappa shape index (κ3) is 4.43. The molecule has 1 N–H and O–H groups in total. The summed E-state index contributed by atoms with van der Waals surface area (Å²) in [7, 11) is 1.72. The fourth-order valence-electron chi connectivity index (χ4n) is 4.43. The summed E-state index contributed by atoms with van der Waals surface area (Å²) in [4.78, 5) is 12.7. The number of aryl methyl sites for hydroxylation is 1. The lowest BCUT2D eigenvalue weighted by Gasteiger charge is -2.28. The second-order valence-corrected chi connectivity index (χ2v) is 7.96. The molecule has 1 aliphatic rings. The number of aliphatic hydroxyl groups is 1. The van der Waals surface area contributed by atoms with Gasteiger partial charge in [-0.3, -0.25) is 4.79 Å². The van der Waals surface area contributed by atoms with Crippen LogP contribution in [-0.2, 0) is 9.53 Å². The fraction of sp³-hybridized carbons (Fsp3) is 0.400. The average Bonchev–Trinajstić information content (AvgIpc) is 2.71. The van der Waals surface area contributed by atoms with Crippen molar-refractivity contribution in [3.63, 3.8) is 0 Å². The third-order valence-corrected chi connectivity index (χ3v) is 6.08. The Bertz CT molecular complexity index is 920. The number of allylic oxidation sites excluding steroid dienone is 2. The van der Waals surface area contributed by atoms with Crippen molar-refractivity contribution in [3.05, 3.63) is 64.7 Å². The SMILES string of the molecule is COC1CCC(/C(O)=C(\C(C)=O)c2c(C)ccc(-c3ccc(F)cc3)c2C)CC1. The van der Waals surface area contributed by atoms with Crippen LogP contribution in [0.1, 0.15) is 49.3 Å². The van der Waals surface area contributed by atoms with E-state index in [9.17, 15) is 14.3 Å². The number of ketones is 1. The molecule has 4 heteroatoms. The quantitative estimate of drug-likeness (QED) is 0.485. The van der Waals surface area contributed by atoms with Gasteiger partial charge < -0.3 is 9.84 Å². The van der Waals surface area contributed by atoms with Crippen molar-refractivity contribution in [3.8, 4) is 11.1 Å². The second-order valence-electron chi connectivity index (χ2n) is 7.96. The molecule has 1 aliphatic carbocycles. The second kappa shape index (κ2) is 8.91. The van der Waals surface area contributed by atoms with Crippen LogP contribution < -0.4 is 0 Å². The fourth-order valence-corrected chi connectivity index (χ4v) is 4.43. The van der Waals surface area contributed by atoms with Gasteiger partial charge in [0.15, 0.2) is 5.78 Å². The number of halogens is 1. The summed E-state index contributed by atoms with van der Waals surface area (Å²) in [5.41, 5.74) is 4.86. The topological polar surface area (TPSA) is 46.5 Å².